The highest BCUT2D eigenvalue weighted by Crippen LogP contribution is 2.42. The number of methoxy groups -OCH3 is 1. The molecule has 0 bridgehead atoms. The molecule has 15 heavy (non-hydrogen) atoms. The maximum atomic E-state index is 13.8. The summed E-state index contributed by atoms with van der Waals surface area (Å²) >= 11 is 5.77. The number of halogens is 2. The first-order valence-corrected chi connectivity index (χ1v) is 5.27. The summed E-state index contributed by atoms with van der Waals surface area (Å²) in [5, 5.41) is 0.0704. The minimum atomic E-state index is -0.553. The van der Waals surface area contributed by atoms with E-state index in [1.54, 1.807) is 6.07 Å². The molecule has 2 nitrogen and oxygen atoms in total. The Labute approximate surface area is 93.2 Å². The largest absolute Gasteiger partial charge is 0.497 e. The van der Waals surface area contributed by atoms with Crippen molar-refractivity contribution in [1.82, 2.24) is 0 Å². The van der Waals surface area contributed by atoms with E-state index in [-0.39, 0.29) is 5.02 Å². The molecule has 1 aromatic carbocycles. The van der Waals surface area contributed by atoms with Crippen LogP contribution in [0.3, 0.4) is 0 Å². The zero-order chi connectivity index (χ0) is 11.1. The van der Waals surface area contributed by atoms with Gasteiger partial charge in [-0.05, 0) is 25.3 Å². The Morgan fingerprint density at radius 3 is 2.60 bits per heavy atom. The standard InChI is InChI=1S/C11H13ClFNO/c1-15-7-5-8(10(13)9(12)6-7)11(14)3-2-4-11/h5-6H,2-4,14H2,1H3. The molecule has 1 fully saturated rings. The number of nitrogens with two attached hydrogens (primary N) is 1. The summed E-state index contributed by atoms with van der Waals surface area (Å²) in [5.41, 5.74) is 5.98. The van der Waals surface area contributed by atoms with Gasteiger partial charge < -0.3 is 10.5 Å². The van der Waals surface area contributed by atoms with Gasteiger partial charge in [-0.1, -0.05) is 11.6 Å². The Morgan fingerprint density at radius 1 is 1.47 bits per heavy atom. The fraction of sp³-hybridized carbons (Fsp3) is 0.455. The second kappa shape index (κ2) is 3.65. The first-order valence-electron chi connectivity index (χ1n) is 4.89. The predicted octanol–water partition coefficient (Wildman–Crippen LogP) is 2.83. The molecular weight excluding hydrogens is 217 g/mol. The fourth-order valence-electron chi connectivity index (χ4n) is 1.87. The Bertz CT molecular complexity index is 390. The van der Waals surface area contributed by atoms with E-state index in [0.717, 1.165) is 19.3 Å². The van der Waals surface area contributed by atoms with Gasteiger partial charge in [0.15, 0.2) is 0 Å². The van der Waals surface area contributed by atoms with E-state index in [2.05, 4.69) is 0 Å². The second-order valence-corrected chi connectivity index (χ2v) is 4.39. The molecule has 2 N–H and O–H groups in total. The van der Waals surface area contributed by atoms with E-state index in [9.17, 15) is 4.39 Å². The van der Waals surface area contributed by atoms with Crippen LogP contribution in [0.2, 0.25) is 5.02 Å². The number of rotatable bonds is 2. The highest BCUT2D eigenvalue weighted by atomic mass is 35.5. The Morgan fingerprint density at radius 2 is 2.13 bits per heavy atom. The summed E-state index contributed by atoms with van der Waals surface area (Å²) in [6.07, 6.45) is 2.63. The fourth-order valence-corrected chi connectivity index (χ4v) is 2.08. The van der Waals surface area contributed by atoms with Gasteiger partial charge in [0.05, 0.1) is 12.1 Å². The Kier molecular flexibility index (Phi) is 2.61. The van der Waals surface area contributed by atoms with E-state index in [0.29, 0.717) is 11.3 Å². The van der Waals surface area contributed by atoms with Gasteiger partial charge in [0.2, 0.25) is 0 Å². The van der Waals surface area contributed by atoms with Crippen LogP contribution < -0.4 is 10.5 Å². The van der Waals surface area contributed by atoms with Crippen molar-refractivity contribution in [2.75, 3.05) is 7.11 Å². The molecule has 1 aliphatic rings. The van der Waals surface area contributed by atoms with Gasteiger partial charge in [-0.25, -0.2) is 4.39 Å². The molecular formula is C11H13ClFNO. The van der Waals surface area contributed by atoms with Crippen molar-refractivity contribution in [3.63, 3.8) is 0 Å². The third kappa shape index (κ3) is 1.70. The van der Waals surface area contributed by atoms with E-state index in [1.807, 2.05) is 0 Å². The average molecular weight is 230 g/mol. The first kappa shape index (κ1) is 10.7. The van der Waals surface area contributed by atoms with Crippen LogP contribution in [0.4, 0.5) is 4.39 Å². The van der Waals surface area contributed by atoms with Gasteiger partial charge in [0.1, 0.15) is 11.6 Å². The van der Waals surface area contributed by atoms with Gasteiger partial charge >= 0.3 is 0 Å². The van der Waals surface area contributed by atoms with Crippen molar-refractivity contribution in [1.29, 1.82) is 0 Å². The van der Waals surface area contributed by atoms with Crippen LogP contribution in [0.5, 0.6) is 5.75 Å². The molecule has 1 saturated carbocycles. The maximum Gasteiger partial charge on any atom is 0.147 e. The number of hydrogen-bond donors (Lipinski definition) is 1. The van der Waals surface area contributed by atoms with Crippen LogP contribution in [0.25, 0.3) is 0 Å². The zero-order valence-electron chi connectivity index (χ0n) is 8.52. The van der Waals surface area contributed by atoms with E-state index in [4.69, 9.17) is 22.1 Å². The smallest absolute Gasteiger partial charge is 0.147 e. The average Bonchev–Trinajstić information content (AvgIpc) is 2.18. The predicted molar refractivity (Wildman–Crippen MR) is 57.7 cm³/mol. The molecule has 4 heteroatoms. The number of benzene rings is 1. The summed E-state index contributed by atoms with van der Waals surface area (Å²) < 4.78 is 18.8. The molecule has 0 aliphatic heterocycles. The lowest BCUT2D eigenvalue weighted by atomic mass is 9.72. The van der Waals surface area contributed by atoms with Crippen molar-refractivity contribution in [3.05, 3.63) is 28.5 Å². The lowest BCUT2D eigenvalue weighted by molar-refractivity contribution is 0.244. The monoisotopic (exact) mass is 229 g/mol. The van der Waals surface area contributed by atoms with Crippen LogP contribution in [0.1, 0.15) is 24.8 Å². The third-order valence-corrected chi connectivity index (χ3v) is 3.29. The summed E-state index contributed by atoms with van der Waals surface area (Å²) in [4.78, 5) is 0. The van der Waals surface area contributed by atoms with Crippen molar-refractivity contribution >= 4 is 11.6 Å². The van der Waals surface area contributed by atoms with E-state index < -0.39 is 11.4 Å². The quantitative estimate of drug-likeness (QED) is 0.847. The van der Waals surface area contributed by atoms with Gasteiger partial charge in [0.25, 0.3) is 0 Å². The summed E-state index contributed by atoms with van der Waals surface area (Å²) in [7, 11) is 1.53. The lowest BCUT2D eigenvalue weighted by Crippen LogP contribution is -2.44. The van der Waals surface area contributed by atoms with Crippen molar-refractivity contribution in [2.45, 2.75) is 24.8 Å². The topological polar surface area (TPSA) is 35.2 Å². The highest BCUT2D eigenvalue weighted by molar-refractivity contribution is 6.31. The van der Waals surface area contributed by atoms with Crippen LogP contribution >= 0.6 is 11.6 Å². The molecule has 0 heterocycles. The molecule has 0 amide bonds. The summed E-state index contributed by atoms with van der Waals surface area (Å²) in [6.45, 7) is 0. The lowest BCUT2D eigenvalue weighted by Gasteiger charge is -2.39. The van der Waals surface area contributed by atoms with Crippen LogP contribution in [0, 0.1) is 5.82 Å². The molecule has 2 rings (SSSR count). The third-order valence-electron chi connectivity index (χ3n) is 3.02. The van der Waals surface area contributed by atoms with E-state index >= 15 is 0 Å². The van der Waals surface area contributed by atoms with Gasteiger partial charge in [-0.2, -0.15) is 0 Å². The SMILES string of the molecule is COc1cc(Cl)c(F)c(C2(N)CCC2)c1. The van der Waals surface area contributed by atoms with Gasteiger partial charge in [-0.15, -0.1) is 0 Å². The molecule has 0 unspecified atom stereocenters. The minimum Gasteiger partial charge on any atom is -0.497 e. The number of ether oxygens (including phenoxy) is 1. The molecule has 0 atom stereocenters. The molecule has 1 aliphatic carbocycles. The van der Waals surface area contributed by atoms with Crippen molar-refractivity contribution < 1.29 is 9.13 Å². The Hall–Kier alpha value is -0.800. The molecule has 0 radical (unpaired) electrons. The molecule has 82 valence electrons. The molecule has 0 spiro atoms. The van der Waals surface area contributed by atoms with Crippen molar-refractivity contribution in [2.24, 2.45) is 5.73 Å². The number of hydrogen-bond acceptors (Lipinski definition) is 2. The van der Waals surface area contributed by atoms with E-state index in [1.165, 1.54) is 13.2 Å². The maximum absolute atomic E-state index is 13.8. The van der Waals surface area contributed by atoms with Crippen LogP contribution in [-0.2, 0) is 5.54 Å². The highest BCUT2D eigenvalue weighted by Gasteiger charge is 2.37. The van der Waals surface area contributed by atoms with Crippen LogP contribution in [0.15, 0.2) is 12.1 Å². The van der Waals surface area contributed by atoms with Crippen molar-refractivity contribution in [3.8, 4) is 5.75 Å². The van der Waals surface area contributed by atoms with Gasteiger partial charge in [-0.3, -0.25) is 0 Å². The molecule has 0 saturated heterocycles. The van der Waals surface area contributed by atoms with Gasteiger partial charge in [0, 0.05) is 17.2 Å². The minimum absolute atomic E-state index is 0.0704. The normalized spacial score (nSPS) is 18.4. The summed E-state index contributed by atoms with van der Waals surface area (Å²) in [5.74, 6) is 0.132. The zero-order valence-corrected chi connectivity index (χ0v) is 9.27. The molecule has 0 aromatic heterocycles. The Balaban J connectivity index is 2.49. The summed E-state index contributed by atoms with van der Waals surface area (Å²) in [6, 6.07) is 3.10. The van der Waals surface area contributed by atoms with Crippen LogP contribution in [-0.4, -0.2) is 7.11 Å². The first-order chi connectivity index (χ1) is 7.07. The second-order valence-electron chi connectivity index (χ2n) is 3.98. The molecule has 1 aromatic rings.